The normalized spacial score (nSPS) is 11.9. The molecular formula is C21H21NO4S2. The fourth-order valence-electron chi connectivity index (χ4n) is 2.84. The van der Waals surface area contributed by atoms with Crippen molar-refractivity contribution >= 4 is 25.5 Å². The van der Waals surface area contributed by atoms with E-state index in [1.807, 2.05) is 43.3 Å². The molecule has 3 aromatic rings. The topological polar surface area (TPSA) is 71.5 Å². The number of sulfone groups is 1. The highest BCUT2D eigenvalue weighted by Crippen LogP contribution is 2.28. The summed E-state index contributed by atoms with van der Waals surface area (Å²) in [4.78, 5) is -0.0923. The summed E-state index contributed by atoms with van der Waals surface area (Å²) in [6.45, 7) is 2.02. The third-order valence-corrected chi connectivity index (χ3v) is 7.16. The molecule has 3 rings (SSSR count). The van der Waals surface area contributed by atoms with E-state index in [1.165, 1.54) is 28.6 Å². The van der Waals surface area contributed by atoms with Crippen molar-refractivity contribution in [3.8, 4) is 0 Å². The van der Waals surface area contributed by atoms with Crippen LogP contribution in [0.5, 0.6) is 0 Å². The van der Waals surface area contributed by atoms with Crippen molar-refractivity contribution in [2.24, 2.45) is 0 Å². The van der Waals surface area contributed by atoms with Gasteiger partial charge in [-0.05, 0) is 48.4 Å². The molecule has 0 radical (unpaired) electrons. The van der Waals surface area contributed by atoms with Crippen LogP contribution in [0.4, 0.5) is 5.69 Å². The summed E-state index contributed by atoms with van der Waals surface area (Å²) in [6, 6.07) is 21.9. The molecule has 146 valence electrons. The van der Waals surface area contributed by atoms with Crippen LogP contribution < -0.4 is 4.31 Å². The van der Waals surface area contributed by atoms with E-state index in [-0.39, 0.29) is 16.3 Å². The lowest BCUT2D eigenvalue weighted by Gasteiger charge is -2.25. The number of hydrogen-bond donors (Lipinski definition) is 0. The molecule has 7 heteroatoms. The zero-order chi connectivity index (χ0) is 20.4. The number of rotatable bonds is 6. The highest BCUT2D eigenvalue weighted by molar-refractivity contribution is 7.93. The Kier molecular flexibility index (Phi) is 5.58. The van der Waals surface area contributed by atoms with Gasteiger partial charge in [-0.25, -0.2) is 16.8 Å². The molecule has 0 saturated heterocycles. The molecule has 3 aromatic carbocycles. The highest BCUT2D eigenvalue weighted by Gasteiger charge is 2.26. The van der Waals surface area contributed by atoms with Crippen molar-refractivity contribution in [2.45, 2.75) is 23.3 Å². The number of anilines is 1. The fraction of sp³-hybridized carbons (Fsp3) is 0.143. The Morgan fingerprint density at radius 3 is 2.04 bits per heavy atom. The van der Waals surface area contributed by atoms with Crippen LogP contribution >= 0.6 is 0 Å². The van der Waals surface area contributed by atoms with Crippen LogP contribution in [-0.4, -0.2) is 23.1 Å². The first-order valence-electron chi connectivity index (χ1n) is 8.61. The van der Waals surface area contributed by atoms with Crippen molar-refractivity contribution in [1.29, 1.82) is 0 Å². The lowest BCUT2D eigenvalue weighted by atomic mass is 10.2. The van der Waals surface area contributed by atoms with Crippen LogP contribution in [0.3, 0.4) is 0 Å². The summed E-state index contributed by atoms with van der Waals surface area (Å²) in [5.74, 6) is 0. The summed E-state index contributed by atoms with van der Waals surface area (Å²) in [5, 5.41) is 0. The maximum atomic E-state index is 13.5. The Balaban J connectivity index is 2.13. The molecule has 28 heavy (non-hydrogen) atoms. The van der Waals surface area contributed by atoms with E-state index in [0.29, 0.717) is 5.69 Å². The predicted octanol–water partition coefficient (Wildman–Crippen LogP) is 3.79. The van der Waals surface area contributed by atoms with E-state index < -0.39 is 19.9 Å². The Labute approximate surface area is 166 Å². The summed E-state index contributed by atoms with van der Waals surface area (Å²) >= 11 is 0. The monoisotopic (exact) mass is 415 g/mol. The largest absolute Gasteiger partial charge is 0.264 e. The van der Waals surface area contributed by atoms with Crippen LogP contribution in [0.2, 0.25) is 0 Å². The molecule has 0 amide bonds. The van der Waals surface area contributed by atoms with E-state index in [1.54, 1.807) is 18.2 Å². The van der Waals surface area contributed by atoms with Gasteiger partial charge >= 0.3 is 0 Å². The van der Waals surface area contributed by atoms with Crippen LogP contribution in [0.15, 0.2) is 88.7 Å². The summed E-state index contributed by atoms with van der Waals surface area (Å²) in [7, 11) is -7.51. The van der Waals surface area contributed by atoms with Gasteiger partial charge in [0.05, 0.1) is 22.0 Å². The molecule has 0 fully saturated rings. The molecule has 0 saturated carbocycles. The summed E-state index contributed by atoms with van der Waals surface area (Å²) < 4.78 is 52.0. The van der Waals surface area contributed by atoms with Crippen molar-refractivity contribution in [1.82, 2.24) is 0 Å². The molecule has 0 spiro atoms. The molecule has 0 N–H and O–H groups in total. The number of sulfonamides is 1. The van der Waals surface area contributed by atoms with Gasteiger partial charge in [0.25, 0.3) is 10.0 Å². The minimum atomic E-state index is -3.98. The quantitative estimate of drug-likeness (QED) is 0.614. The van der Waals surface area contributed by atoms with E-state index in [4.69, 9.17) is 0 Å². The van der Waals surface area contributed by atoms with Crippen LogP contribution in [0.1, 0.15) is 11.1 Å². The zero-order valence-corrected chi connectivity index (χ0v) is 17.2. The van der Waals surface area contributed by atoms with Crippen LogP contribution in [0, 0.1) is 6.92 Å². The molecule has 0 atom stereocenters. The number of nitrogens with zero attached hydrogens (tertiary/aromatic N) is 1. The highest BCUT2D eigenvalue weighted by atomic mass is 32.2. The fourth-order valence-corrected chi connectivity index (χ4v) is 5.07. The van der Waals surface area contributed by atoms with Gasteiger partial charge in [-0.2, -0.15) is 0 Å². The third kappa shape index (κ3) is 4.43. The molecule has 0 heterocycles. The minimum absolute atomic E-state index is 0.0301. The maximum absolute atomic E-state index is 13.5. The van der Waals surface area contributed by atoms with Gasteiger partial charge in [-0.1, -0.05) is 48.5 Å². The van der Waals surface area contributed by atoms with Crippen molar-refractivity contribution in [2.75, 3.05) is 10.6 Å². The van der Waals surface area contributed by atoms with Gasteiger partial charge in [0.2, 0.25) is 0 Å². The van der Waals surface area contributed by atoms with Crippen LogP contribution in [-0.2, 0) is 26.4 Å². The zero-order valence-electron chi connectivity index (χ0n) is 15.6. The van der Waals surface area contributed by atoms with Crippen molar-refractivity contribution < 1.29 is 16.8 Å². The molecule has 0 aromatic heterocycles. The van der Waals surface area contributed by atoms with Crippen molar-refractivity contribution in [3.63, 3.8) is 0 Å². The van der Waals surface area contributed by atoms with Gasteiger partial charge in [0.15, 0.2) is 9.84 Å². The van der Waals surface area contributed by atoms with E-state index in [2.05, 4.69) is 0 Å². The lowest BCUT2D eigenvalue weighted by Crippen LogP contribution is -2.30. The summed E-state index contributed by atoms with van der Waals surface area (Å²) in [6.07, 6.45) is 1.06. The van der Waals surface area contributed by atoms with E-state index in [0.717, 1.165) is 17.4 Å². The van der Waals surface area contributed by atoms with E-state index in [9.17, 15) is 16.8 Å². The molecule has 0 unspecified atom stereocenters. The predicted molar refractivity (Wildman–Crippen MR) is 111 cm³/mol. The second kappa shape index (κ2) is 7.77. The van der Waals surface area contributed by atoms with Gasteiger partial charge in [-0.3, -0.25) is 4.31 Å². The number of aryl methyl sites for hydroxylation is 1. The molecule has 0 aliphatic carbocycles. The van der Waals surface area contributed by atoms with E-state index >= 15 is 0 Å². The van der Waals surface area contributed by atoms with Crippen molar-refractivity contribution in [3.05, 3.63) is 90.0 Å². The second-order valence-corrected chi connectivity index (χ2v) is 10.5. The molecule has 5 nitrogen and oxygen atoms in total. The van der Waals surface area contributed by atoms with Gasteiger partial charge in [0.1, 0.15) is 0 Å². The lowest BCUT2D eigenvalue weighted by molar-refractivity contribution is 0.590. The van der Waals surface area contributed by atoms with Gasteiger partial charge in [-0.15, -0.1) is 0 Å². The second-order valence-electron chi connectivity index (χ2n) is 6.58. The number of hydrogen-bond acceptors (Lipinski definition) is 4. The number of benzene rings is 3. The SMILES string of the molecule is Cc1cccc(N(Cc2ccccc2)S(=O)(=O)c2cccc(S(C)(=O)=O)c2)c1. The van der Waals surface area contributed by atoms with Gasteiger partial charge in [0, 0.05) is 6.26 Å². The third-order valence-electron chi connectivity index (χ3n) is 4.28. The Bertz CT molecular complexity index is 1190. The van der Waals surface area contributed by atoms with Gasteiger partial charge < -0.3 is 0 Å². The van der Waals surface area contributed by atoms with Crippen LogP contribution in [0.25, 0.3) is 0 Å². The smallest absolute Gasteiger partial charge is 0.262 e. The first-order valence-corrected chi connectivity index (χ1v) is 11.9. The Hall–Kier alpha value is -2.64. The molecular weight excluding hydrogens is 394 g/mol. The average Bonchev–Trinajstić information content (AvgIpc) is 2.66. The average molecular weight is 416 g/mol. The first-order chi connectivity index (χ1) is 13.2. The Morgan fingerprint density at radius 1 is 0.750 bits per heavy atom. The maximum Gasteiger partial charge on any atom is 0.264 e. The standard InChI is InChI=1S/C21H21NO4S2/c1-17-8-6-11-19(14-17)22(16-18-9-4-3-5-10-18)28(25,26)21-13-7-12-20(15-21)27(2,23)24/h3-15H,16H2,1-2H3. The Morgan fingerprint density at radius 2 is 1.39 bits per heavy atom. The molecule has 0 bridgehead atoms. The summed E-state index contributed by atoms with van der Waals surface area (Å²) in [5.41, 5.74) is 2.27. The molecule has 0 aliphatic heterocycles. The first kappa shape index (κ1) is 20.1. The minimum Gasteiger partial charge on any atom is -0.262 e. The molecule has 0 aliphatic rings.